The highest BCUT2D eigenvalue weighted by molar-refractivity contribution is 7.22. The van der Waals surface area contributed by atoms with Crippen molar-refractivity contribution in [3.63, 3.8) is 0 Å². The van der Waals surface area contributed by atoms with E-state index in [1.54, 1.807) is 59.9 Å². The topological polar surface area (TPSA) is 107 Å². The number of aromatic nitrogens is 6. The second-order valence-corrected chi connectivity index (χ2v) is 13.4. The first-order chi connectivity index (χ1) is 24.3. The maximum atomic E-state index is 7.27. The predicted molar refractivity (Wildman–Crippen MR) is 195 cm³/mol. The van der Waals surface area contributed by atoms with Crippen molar-refractivity contribution in [3.05, 3.63) is 128 Å². The lowest BCUT2D eigenvalue weighted by atomic mass is 9.86. The quantitative estimate of drug-likeness (QED) is 0.188. The molecule has 0 aliphatic rings. The Morgan fingerprint density at radius 2 is 1.59 bits per heavy atom. The number of rotatable bonds is 6. The molecule has 0 atom stereocenters. The number of nitrogens with one attached hydrogen (secondary N) is 1. The van der Waals surface area contributed by atoms with Crippen molar-refractivity contribution in [2.75, 3.05) is 0 Å². The van der Waals surface area contributed by atoms with Crippen molar-refractivity contribution in [1.82, 2.24) is 29.9 Å². The van der Waals surface area contributed by atoms with Gasteiger partial charge in [0.1, 0.15) is 22.7 Å². The minimum atomic E-state index is 0.425. The lowest BCUT2D eigenvalue weighted by molar-refractivity contribution is 0.575. The summed E-state index contributed by atoms with van der Waals surface area (Å²) in [6.45, 7) is 0. The fraction of sp³-hybridized carbons (Fsp3) is 0. The van der Waals surface area contributed by atoms with Crippen molar-refractivity contribution in [3.8, 4) is 66.4 Å². The number of imidazole rings is 1. The lowest BCUT2D eigenvalue weighted by Crippen LogP contribution is -1.99. The Hall–Kier alpha value is -6.23. The number of oxazole rings is 1. The summed E-state index contributed by atoms with van der Waals surface area (Å²) >= 11 is 3.25. The summed E-state index contributed by atoms with van der Waals surface area (Å²) in [6.07, 6.45) is 13.7. The largest absolute Gasteiger partial charge is 0.454 e. The standard InChI is InChI=1S/C39H22N6O2S2/c1-3-9-24-22(6-1)8-5-10-25(24)29-31-33(39-45-17-19-48-39)32(38-44-16-18-46-38)30(26-21-40-12-13-41-26)34(37-42-14-15-43-37)36(31)47-35(29)28-20-23-7-2-4-11-27(23)49-28/h1-21H,(H,42,43). The fourth-order valence-corrected chi connectivity index (χ4v) is 8.48. The molecule has 0 bridgehead atoms. The molecule has 0 fully saturated rings. The molecule has 6 aromatic heterocycles. The molecule has 49 heavy (non-hydrogen) atoms. The molecule has 0 spiro atoms. The van der Waals surface area contributed by atoms with Crippen molar-refractivity contribution in [2.45, 2.75) is 0 Å². The van der Waals surface area contributed by atoms with Crippen molar-refractivity contribution in [2.24, 2.45) is 0 Å². The van der Waals surface area contributed by atoms with Gasteiger partial charge in [0.15, 0.2) is 5.76 Å². The van der Waals surface area contributed by atoms with Crippen LogP contribution < -0.4 is 0 Å². The molecule has 0 aliphatic carbocycles. The summed E-state index contributed by atoms with van der Waals surface area (Å²) in [6, 6.07) is 25.5. The zero-order valence-electron chi connectivity index (χ0n) is 25.5. The Bertz CT molecular complexity index is 2730. The number of hydrogen-bond acceptors (Lipinski definition) is 9. The van der Waals surface area contributed by atoms with Gasteiger partial charge in [0.2, 0.25) is 5.89 Å². The SMILES string of the molecule is c1ccc2sc(-c3oc4c(-c5ncc[nH]5)c(-c5cnccn5)c(-c5ncco5)c(-c5nccs5)c4c3-c3cccc4ccccc34)cc2c1. The van der Waals surface area contributed by atoms with Crippen LogP contribution in [0, 0.1) is 0 Å². The molecule has 0 radical (unpaired) electrons. The molecule has 0 amide bonds. The highest BCUT2D eigenvalue weighted by atomic mass is 32.1. The molecule has 8 nitrogen and oxygen atoms in total. The zero-order valence-corrected chi connectivity index (χ0v) is 27.1. The van der Waals surface area contributed by atoms with Crippen LogP contribution in [0.25, 0.3) is 98.3 Å². The van der Waals surface area contributed by atoms with E-state index in [2.05, 4.69) is 82.8 Å². The summed E-state index contributed by atoms with van der Waals surface area (Å²) in [4.78, 5) is 28.0. The number of H-pyrrole nitrogens is 1. The third kappa shape index (κ3) is 4.38. The summed E-state index contributed by atoms with van der Waals surface area (Å²) in [7, 11) is 0. The van der Waals surface area contributed by atoms with Gasteiger partial charge >= 0.3 is 0 Å². The molecule has 0 unspecified atom stereocenters. The molecular weight excluding hydrogens is 649 g/mol. The van der Waals surface area contributed by atoms with Gasteiger partial charge in [-0.05, 0) is 33.9 Å². The molecule has 1 N–H and O–H groups in total. The van der Waals surface area contributed by atoms with E-state index in [4.69, 9.17) is 28.8 Å². The second-order valence-electron chi connectivity index (χ2n) is 11.4. The summed E-state index contributed by atoms with van der Waals surface area (Å²) < 4.78 is 14.6. The average molecular weight is 671 g/mol. The zero-order chi connectivity index (χ0) is 32.3. The maximum absolute atomic E-state index is 7.27. The van der Waals surface area contributed by atoms with Gasteiger partial charge < -0.3 is 13.8 Å². The lowest BCUT2D eigenvalue weighted by Gasteiger charge is -2.17. The van der Waals surface area contributed by atoms with Crippen molar-refractivity contribution >= 4 is 54.5 Å². The minimum absolute atomic E-state index is 0.425. The van der Waals surface area contributed by atoms with E-state index < -0.39 is 0 Å². The van der Waals surface area contributed by atoms with Crippen LogP contribution in [0.4, 0.5) is 0 Å². The van der Waals surface area contributed by atoms with Gasteiger partial charge in [0, 0.05) is 63.1 Å². The number of nitrogens with zero attached hydrogens (tertiary/aromatic N) is 5. The molecule has 232 valence electrons. The first-order valence-electron chi connectivity index (χ1n) is 15.5. The molecular formula is C39H22N6O2S2. The number of benzene rings is 4. The number of thiazole rings is 1. The van der Waals surface area contributed by atoms with E-state index >= 15 is 0 Å². The third-order valence-electron chi connectivity index (χ3n) is 8.69. The molecule has 10 aromatic rings. The number of hydrogen-bond donors (Lipinski definition) is 1. The third-order valence-corrected chi connectivity index (χ3v) is 10.6. The van der Waals surface area contributed by atoms with Crippen LogP contribution in [-0.4, -0.2) is 29.9 Å². The summed E-state index contributed by atoms with van der Waals surface area (Å²) in [5.41, 5.74) is 6.27. The Kier molecular flexibility index (Phi) is 6.36. The molecule has 0 saturated heterocycles. The fourth-order valence-electron chi connectivity index (χ4n) is 6.74. The van der Waals surface area contributed by atoms with Gasteiger partial charge in [-0.15, -0.1) is 22.7 Å². The van der Waals surface area contributed by atoms with Crippen LogP contribution in [0.1, 0.15) is 0 Å². The second kappa shape index (κ2) is 11.2. The number of fused-ring (bicyclic) bond motifs is 3. The number of aromatic amines is 1. The normalized spacial score (nSPS) is 11.7. The van der Waals surface area contributed by atoms with E-state index in [0.29, 0.717) is 23.0 Å². The monoisotopic (exact) mass is 670 g/mol. The molecule has 4 aromatic carbocycles. The summed E-state index contributed by atoms with van der Waals surface area (Å²) in [5, 5.41) is 7.04. The van der Waals surface area contributed by atoms with Crippen LogP contribution >= 0.6 is 22.7 Å². The van der Waals surface area contributed by atoms with Gasteiger partial charge in [-0.3, -0.25) is 9.97 Å². The Balaban J connectivity index is 1.49. The molecule has 6 heterocycles. The average Bonchev–Trinajstić information content (AvgIpc) is 4.00. The van der Waals surface area contributed by atoms with Gasteiger partial charge in [-0.1, -0.05) is 60.7 Å². The minimum Gasteiger partial charge on any atom is -0.454 e. The highest BCUT2D eigenvalue weighted by Gasteiger charge is 2.34. The van der Waals surface area contributed by atoms with Gasteiger partial charge in [0.25, 0.3) is 0 Å². The van der Waals surface area contributed by atoms with E-state index in [1.807, 2.05) is 17.8 Å². The van der Waals surface area contributed by atoms with E-state index in [-0.39, 0.29) is 0 Å². The predicted octanol–water partition coefficient (Wildman–Crippen LogP) is 10.8. The molecule has 0 aliphatic heterocycles. The Morgan fingerprint density at radius 1 is 0.694 bits per heavy atom. The van der Waals surface area contributed by atoms with Crippen LogP contribution in [-0.2, 0) is 0 Å². The maximum Gasteiger partial charge on any atom is 0.227 e. The van der Waals surface area contributed by atoms with Crippen molar-refractivity contribution < 1.29 is 8.83 Å². The van der Waals surface area contributed by atoms with Crippen molar-refractivity contribution in [1.29, 1.82) is 0 Å². The molecule has 10 heteroatoms. The smallest absolute Gasteiger partial charge is 0.227 e. The number of furan rings is 1. The Labute approximate surface area is 286 Å². The first-order valence-corrected chi connectivity index (χ1v) is 17.2. The van der Waals surface area contributed by atoms with Crippen LogP contribution in [0.5, 0.6) is 0 Å². The van der Waals surface area contributed by atoms with E-state index in [9.17, 15) is 0 Å². The van der Waals surface area contributed by atoms with Gasteiger partial charge in [-0.2, -0.15) is 0 Å². The number of thiophene rings is 1. The highest BCUT2D eigenvalue weighted by Crippen LogP contribution is 2.56. The van der Waals surface area contributed by atoms with Crippen LogP contribution in [0.3, 0.4) is 0 Å². The van der Waals surface area contributed by atoms with Crippen LogP contribution in [0.15, 0.2) is 137 Å². The van der Waals surface area contributed by atoms with E-state index in [0.717, 1.165) is 70.6 Å². The summed E-state index contributed by atoms with van der Waals surface area (Å²) in [5.74, 6) is 1.80. The van der Waals surface area contributed by atoms with E-state index in [1.165, 1.54) is 4.70 Å². The molecule has 0 saturated carbocycles. The van der Waals surface area contributed by atoms with Gasteiger partial charge in [0.05, 0.1) is 34.1 Å². The first kappa shape index (κ1) is 27.8. The van der Waals surface area contributed by atoms with Gasteiger partial charge in [-0.25, -0.2) is 15.0 Å². The Morgan fingerprint density at radius 3 is 2.39 bits per heavy atom. The van der Waals surface area contributed by atoms with Crippen LogP contribution in [0.2, 0.25) is 0 Å². The molecule has 10 rings (SSSR count).